The summed E-state index contributed by atoms with van der Waals surface area (Å²) in [7, 11) is -3.83. The van der Waals surface area contributed by atoms with Gasteiger partial charge in [-0.1, -0.05) is 0 Å². The number of rotatable bonds is 0. The van der Waals surface area contributed by atoms with E-state index in [4.69, 9.17) is 13.3 Å². The van der Waals surface area contributed by atoms with Gasteiger partial charge in [-0.15, -0.1) is 0 Å². The van der Waals surface area contributed by atoms with Crippen molar-refractivity contribution in [2.24, 2.45) is 0 Å². The standard InChI is InChI=1S/Bi.Na.H2O3S2.4H/c;;1-5(2,3)4;;;;/h;;(H2,1,2,3,4);;;;/q;+1;;;;;-1. The summed E-state index contributed by atoms with van der Waals surface area (Å²) in [5.41, 5.74) is 0. The zero-order valence-electron chi connectivity index (χ0n) is 4.83. The van der Waals surface area contributed by atoms with Crippen LogP contribution in [0.15, 0.2) is 0 Å². The van der Waals surface area contributed by atoms with Crippen LogP contribution >= 0.6 is 0 Å². The summed E-state index contributed by atoms with van der Waals surface area (Å²) in [6.45, 7) is 0. The molecule has 0 aromatic heterocycles. The average molecular weight is 350 g/mol. The fourth-order valence-corrected chi connectivity index (χ4v) is 0. The van der Waals surface area contributed by atoms with Crippen LogP contribution in [0, 0.1) is 0 Å². The molecule has 0 rings (SSSR count). The molecule has 0 amide bonds. The van der Waals surface area contributed by atoms with Crippen LogP contribution in [-0.2, 0) is 20.2 Å². The number of hydrogen-bond acceptors (Lipinski definition) is 2. The van der Waals surface area contributed by atoms with Gasteiger partial charge in [0.05, 0.1) is 0 Å². The molecule has 0 radical (unpaired) electrons. The van der Waals surface area contributed by atoms with Crippen molar-refractivity contribution in [3.63, 3.8) is 0 Å². The zero-order valence-corrected chi connectivity index (χ0v) is 13.0. The smallest absolute Gasteiger partial charge is 1.00 e. The molecule has 0 bridgehead atoms. The molecule has 0 fully saturated rings. The maximum Gasteiger partial charge on any atom is 1.00 e. The Labute approximate surface area is 89.5 Å². The van der Waals surface area contributed by atoms with E-state index >= 15 is 0 Å². The third-order valence-corrected chi connectivity index (χ3v) is 0. The van der Waals surface area contributed by atoms with Crippen molar-refractivity contribution in [2.45, 2.75) is 0 Å². The summed E-state index contributed by atoms with van der Waals surface area (Å²) in [4.78, 5) is 0. The Hall–Kier alpha value is 2.17. The van der Waals surface area contributed by atoms with Crippen molar-refractivity contribution >= 4 is 46.4 Å². The van der Waals surface area contributed by atoms with Crippen LogP contribution in [0.1, 0.15) is 1.43 Å². The first-order valence-corrected chi connectivity index (χ1v) is 3.10. The Balaban J connectivity index is -0.0000000267. The van der Waals surface area contributed by atoms with Crippen LogP contribution in [0.3, 0.4) is 0 Å². The molecule has 42 valence electrons. The van der Waals surface area contributed by atoms with Crippen LogP contribution < -0.4 is 29.6 Å². The van der Waals surface area contributed by atoms with E-state index in [0.717, 1.165) is 0 Å². The first kappa shape index (κ1) is 16.1. The van der Waals surface area contributed by atoms with E-state index in [1.165, 1.54) is 0 Å². The molecule has 0 heterocycles. The molecule has 0 saturated heterocycles. The molecule has 7 heavy (non-hydrogen) atoms. The van der Waals surface area contributed by atoms with Gasteiger partial charge in [-0.05, 0) is 0 Å². The summed E-state index contributed by atoms with van der Waals surface area (Å²) < 4.78 is 24.0. The summed E-state index contributed by atoms with van der Waals surface area (Å²) >= 11 is 3.47. The predicted octanol–water partition coefficient (Wildman–Crippen LogP) is -4.39. The van der Waals surface area contributed by atoms with Crippen LogP contribution in [0.25, 0.3) is 0 Å². The Morgan fingerprint density at radius 2 is 1.57 bits per heavy atom. The third-order valence-electron chi connectivity index (χ3n) is 0. The van der Waals surface area contributed by atoms with Crippen LogP contribution in [0.2, 0.25) is 0 Å². The van der Waals surface area contributed by atoms with Gasteiger partial charge in [-0.3, -0.25) is 9.11 Å². The van der Waals surface area contributed by atoms with E-state index in [1.807, 2.05) is 0 Å². The Morgan fingerprint density at radius 3 is 1.57 bits per heavy atom. The zero-order chi connectivity index (χ0) is 4.50. The minimum atomic E-state index is -3.83. The molecule has 0 aliphatic rings. The predicted molar refractivity (Wildman–Crippen MR) is 31.8 cm³/mol. The Bertz CT molecular complexity index is 100. The van der Waals surface area contributed by atoms with Crippen molar-refractivity contribution in [2.75, 3.05) is 0 Å². The van der Waals surface area contributed by atoms with E-state index < -0.39 is 9.05 Å². The maximum atomic E-state index is 9.11. The van der Waals surface area contributed by atoms with E-state index in [0.29, 0.717) is 0 Å². The van der Waals surface area contributed by atoms with Crippen molar-refractivity contribution in [3.8, 4) is 0 Å². The Kier molecular flexibility index (Phi) is 14.5. The summed E-state index contributed by atoms with van der Waals surface area (Å²) in [5, 5.41) is 0. The molecular weight excluding hydrogens is 344 g/mol. The first-order valence-electron chi connectivity index (χ1n) is 0.698. The van der Waals surface area contributed by atoms with Gasteiger partial charge in [0.15, 0.2) is 0 Å². The second-order valence-electron chi connectivity index (χ2n) is 0.448. The molecule has 0 atom stereocenters. The van der Waals surface area contributed by atoms with Gasteiger partial charge in [0, 0.05) is 11.2 Å². The van der Waals surface area contributed by atoms with Crippen LogP contribution in [0.5, 0.6) is 0 Å². The normalized spacial score (nSPS) is 8.29. The van der Waals surface area contributed by atoms with E-state index in [2.05, 4.69) is 11.2 Å². The average Bonchev–Trinajstić information content (AvgIpc) is 0.722. The molecule has 0 unspecified atom stereocenters. The molecule has 3 nitrogen and oxygen atoms in total. The third kappa shape index (κ3) is 66.0. The summed E-state index contributed by atoms with van der Waals surface area (Å²) in [6, 6.07) is 0. The molecule has 0 aromatic carbocycles. The van der Waals surface area contributed by atoms with E-state index in [1.54, 1.807) is 0 Å². The second kappa shape index (κ2) is 6.30. The summed E-state index contributed by atoms with van der Waals surface area (Å²) in [5.74, 6) is 0. The molecule has 0 aromatic rings. The summed E-state index contributed by atoms with van der Waals surface area (Å²) in [6.07, 6.45) is 0. The fraction of sp³-hybridized carbons (Fsp3) is 0. The van der Waals surface area contributed by atoms with Gasteiger partial charge < -0.3 is 1.43 Å². The van der Waals surface area contributed by atoms with Gasteiger partial charge in [0.25, 0.3) is 9.05 Å². The monoisotopic (exact) mass is 350 g/mol. The van der Waals surface area contributed by atoms with Gasteiger partial charge in [0.2, 0.25) is 0 Å². The van der Waals surface area contributed by atoms with Gasteiger partial charge in [-0.2, -0.15) is 4.21 Å². The van der Waals surface area contributed by atoms with Gasteiger partial charge >= 0.3 is 55.8 Å². The molecule has 2 N–H and O–H groups in total. The SMILES string of the molecule is O=S(O)(O)=S.[BiH3].[H-].[Na+]. The molecule has 0 saturated carbocycles. The Morgan fingerprint density at radius 1 is 1.57 bits per heavy atom. The fourth-order valence-electron chi connectivity index (χ4n) is 0. The van der Waals surface area contributed by atoms with Crippen molar-refractivity contribution in [1.82, 2.24) is 0 Å². The minimum absolute atomic E-state index is 0. The number of hydrogen-bond donors (Lipinski definition) is 2. The molecule has 0 spiro atoms. The first-order chi connectivity index (χ1) is 2.00. The van der Waals surface area contributed by atoms with Gasteiger partial charge in [-0.25, -0.2) is 0 Å². The molecule has 0 aliphatic heterocycles. The quantitative estimate of drug-likeness (QED) is 0.434. The van der Waals surface area contributed by atoms with Crippen molar-refractivity contribution < 1.29 is 44.3 Å². The van der Waals surface area contributed by atoms with Gasteiger partial charge in [0.1, 0.15) is 0 Å². The molecule has 0 aliphatic carbocycles. The van der Waals surface area contributed by atoms with Crippen LogP contribution in [-0.4, -0.2) is 39.5 Å². The van der Waals surface area contributed by atoms with Crippen molar-refractivity contribution in [1.29, 1.82) is 0 Å². The second-order valence-corrected chi connectivity index (χ2v) is 2.65. The molecule has 7 heteroatoms. The van der Waals surface area contributed by atoms with Crippen molar-refractivity contribution in [3.05, 3.63) is 0 Å². The maximum absolute atomic E-state index is 9.11. The largest absolute Gasteiger partial charge is 1.00 e. The van der Waals surface area contributed by atoms with E-state index in [9.17, 15) is 0 Å². The topological polar surface area (TPSA) is 57.5 Å². The molecular formula is H6BiNaO3S2. The minimum Gasteiger partial charge on any atom is -1.00 e. The van der Waals surface area contributed by atoms with Crippen LogP contribution in [0.4, 0.5) is 0 Å². The van der Waals surface area contributed by atoms with E-state index in [-0.39, 0.29) is 57.2 Å².